The molecule has 1 heterocycles. The topological polar surface area (TPSA) is 29.9 Å². The predicted octanol–water partition coefficient (Wildman–Crippen LogP) is 2.60. The second-order valence-corrected chi connectivity index (χ2v) is 4.23. The van der Waals surface area contributed by atoms with Crippen molar-refractivity contribution in [2.24, 2.45) is 0 Å². The zero-order valence-electron chi connectivity index (χ0n) is 10.7. The monoisotopic (exact) mass is 229 g/mol. The average Bonchev–Trinajstić information content (AvgIpc) is 2.74. The number of aromatic nitrogens is 2. The molecule has 0 radical (unpaired) electrons. The van der Waals surface area contributed by atoms with Crippen LogP contribution in [0.3, 0.4) is 0 Å². The Morgan fingerprint density at radius 2 is 1.94 bits per heavy atom. The number of aryl methyl sites for hydroxylation is 2. The van der Waals surface area contributed by atoms with Gasteiger partial charge in [0.1, 0.15) is 0 Å². The van der Waals surface area contributed by atoms with Gasteiger partial charge >= 0.3 is 0 Å². The summed E-state index contributed by atoms with van der Waals surface area (Å²) in [6, 6.07) is 10.7. The maximum absolute atomic E-state index is 4.57. The Kier molecular flexibility index (Phi) is 3.59. The highest BCUT2D eigenvalue weighted by Gasteiger charge is 2.07. The highest BCUT2D eigenvalue weighted by atomic mass is 15.3. The molecule has 0 atom stereocenters. The minimum absolute atomic E-state index is 0.811. The van der Waals surface area contributed by atoms with Gasteiger partial charge in [-0.2, -0.15) is 5.10 Å². The van der Waals surface area contributed by atoms with Crippen LogP contribution in [0.15, 0.2) is 30.3 Å². The highest BCUT2D eigenvalue weighted by Crippen LogP contribution is 2.21. The van der Waals surface area contributed by atoms with Crippen LogP contribution in [-0.4, -0.2) is 16.8 Å². The second-order valence-electron chi connectivity index (χ2n) is 4.23. The minimum atomic E-state index is 0.811. The highest BCUT2D eigenvalue weighted by molar-refractivity contribution is 5.60. The van der Waals surface area contributed by atoms with Crippen LogP contribution in [0.4, 0.5) is 0 Å². The maximum atomic E-state index is 4.57. The molecular formula is C14H19N3. The molecule has 0 saturated carbocycles. The molecule has 1 aromatic carbocycles. The van der Waals surface area contributed by atoms with Crippen molar-refractivity contribution >= 4 is 0 Å². The smallest absolute Gasteiger partial charge is 0.0768 e. The number of rotatable bonds is 4. The molecule has 2 rings (SSSR count). The molecule has 3 nitrogen and oxygen atoms in total. The van der Waals surface area contributed by atoms with E-state index >= 15 is 0 Å². The quantitative estimate of drug-likeness (QED) is 0.873. The number of hydrogen-bond donors (Lipinski definition) is 1. The molecule has 0 aliphatic heterocycles. The standard InChI is InChI=1S/C14H19N3/c1-4-17-14(9-13(16-17)10-15-3)12-7-5-11(2)6-8-12/h5-9,15H,4,10H2,1-3H3. The number of benzene rings is 1. The van der Waals surface area contributed by atoms with Crippen LogP contribution in [0.25, 0.3) is 11.3 Å². The van der Waals surface area contributed by atoms with E-state index < -0.39 is 0 Å². The van der Waals surface area contributed by atoms with E-state index in [4.69, 9.17) is 0 Å². The van der Waals surface area contributed by atoms with Crippen molar-refractivity contribution < 1.29 is 0 Å². The molecule has 90 valence electrons. The summed E-state index contributed by atoms with van der Waals surface area (Å²) in [7, 11) is 1.94. The molecule has 0 unspecified atom stereocenters. The number of nitrogens with zero attached hydrogens (tertiary/aromatic N) is 2. The van der Waals surface area contributed by atoms with E-state index in [0.29, 0.717) is 0 Å². The lowest BCUT2D eigenvalue weighted by Gasteiger charge is -2.04. The number of hydrogen-bond acceptors (Lipinski definition) is 2. The van der Waals surface area contributed by atoms with Gasteiger partial charge in [0.05, 0.1) is 11.4 Å². The average molecular weight is 229 g/mol. The minimum Gasteiger partial charge on any atom is -0.314 e. The molecule has 0 aliphatic rings. The van der Waals surface area contributed by atoms with Crippen LogP contribution in [0, 0.1) is 6.92 Å². The Morgan fingerprint density at radius 1 is 1.24 bits per heavy atom. The van der Waals surface area contributed by atoms with Crippen LogP contribution < -0.4 is 5.32 Å². The van der Waals surface area contributed by atoms with Crippen LogP contribution >= 0.6 is 0 Å². The first kappa shape index (κ1) is 11.9. The molecule has 17 heavy (non-hydrogen) atoms. The summed E-state index contributed by atoms with van der Waals surface area (Å²) in [5, 5.41) is 7.70. The molecule has 0 spiro atoms. The molecule has 0 aliphatic carbocycles. The maximum Gasteiger partial charge on any atom is 0.0768 e. The fraction of sp³-hybridized carbons (Fsp3) is 0.357. The SMILES string of the molecule is CCn1nc(CNC)cc1-c1ccc(C)cc1. The van der Waals surface area contributed by atoms with Gasteiger partial charge in [-0.1, -0.05) is 29.8 Å². The van der Waals surface area contributed by atoms with Crippen LogP contribution in [-0.2, 0) is 13.1 Å². The van der Waals surface area contributed by atoms with Crippen LogP contribution in [0.2, 0.25) is 0 Å². The van der Waals surface area contributed by atoms with Gasteiger partial charge in [-0.15, -0.1) is 0 Å². The summed E-state index contributed by atoms with van der Waals surface area (Å²) >= 11 is 0. The molecule has 0 saturated heterocycles. The fourth-order valence-corrected chi connectivity index (χ4v) is 1.94. The molecule has 0 bridgehead atoms. The Labute approximate surface area is 102 Å². The third kappa shape index (κ3) is 2.56. The van der Waals surface area contributed by atoms with Crippen molar-refractivity contribution in [1.29, 1.82) is 0 Å². The molecule has 0 amide bonds. The Bertz CT molecular complexity index is 483. The lowest BCUT2D eigenvalue weighted by atomic mass is 10.1. The summed E-state index contributed by atoms with van der Waals surface area (Å²) in [6.07, 6.45) is 0. The summed E-state index contributed by atoms with van der Waals surface area (Å²) in [4.78, 5) is 0. The number of nitrogens with one attached hydrogen (secondary N) is 1. The Morgan fingerprint density at radius 3 is 2.53 bits per heavy atom. The van der Waals surface area contributed by atoms with E-state index in [0.717, 1.165) is 18.8 Å². The van der Waals surface area contributed by atoms with Gasteiger partial charge in [0.15, 0.2) is 0 Å². The third-order valence-electron chi connectivity index (χ3n) is 2.84. The summed E-state index contributed by atoms with van der Waals surface area (Å²) in [5.74, 6) is 0. The first-order chi connectivity index (χ1) is 8.24. The van der Waals surface area contributed by atoms with Crippen LogP contribution in [0.5, 0.6) is 0 Å². The Balaban J connectivity index is 2.39. The Hall–Kier alpha value is -1.61. The van der Waals surface area contributed by atoms with Gasteiger partial charge in [0.25, 0.3) is 0 Å². The van der Waals surface area contributed by atoms with Crippen molar-refractivity contribution in [3.63, 3.8) is 0 Å². The lowest BCUT2D eigenvalue weighted by Crippen LogP contribution is -2.06. The first-order valence-electron chi connectivity index (χ1n) is 6.03. The van der Waals surface area contributed by atoms with E-state index in [9.17, 15) is 0 Å². The van der Waals surface area contributed by atoms with E-state index in [1.54, 1.807) is 0 Å². The van der Waals surface area contributed by atoms with Crippen molar-refractivity contribution in [1.82, 2.24) is 15.1 Å². The summed E-state index contributed by atoms with van der Waals surface area (Å²) in [6.45, 7) is 5.93. The fourth-order valence-electron chi connectivity index (χ4n) is 1.94. The second kappa shape index (κ2) is 5.15. The molecule has 2 aromatic rings. The van der Waals surface area contributed by atoms with Gasteiger partial charge in [0.2, 0.25) is 0 Å². The van der Waals surface area contributed by atoms with Gasteiger partial charge in [-0.3, -0.25) is 4.68 Å². The van der Waals surface area contributed by atoms with Crippen molar-refractivity contribution in [3.8, 4) is 11.3 Å². The van der Waals surface area contributed by atoms with Crippen molar-refractivity contribution in [3.05, 3.63) is 41.6 Å². The normalized spacial score (nSPS) is 10.8. The molecule has 3 heteroatoms. The van der Waals surface area contributed by atoms with Gasteiger partial charge in [0, 0.05) is 13.1 Å². The van der Waals surface area contributed by atoms with E-state index in [1.165, 1.54) is 16.8 Å². The van der Waals surface area contributed by atoms with E-state index in [1.807, 2.05) is 7.05 Å². The van der Waals surface area contributed by atoms with E-state index in [-0.39, 0.29) is 0 Å². The summed E-state index contributed by atoms with van der Waals surface area (Å²) < 4.78 is 2.05. The third-order valence-corrected chi connectivity index (χ3v) is 2.84. The van der Waals surface area contributed by atoms with E-state index in [2.05, 4.69) is 59.3 Å². The van der Waals surface area contributed by atoms with Crippen molar-refractivity contribution in [2.45, 2.75) is 26.9 Å². The first-order valence-corrected chi connectivity index (χ1v) is 6.03. The predicted molar refractivity (Wildman–Crippen MR) is 70.8 cm³/mol. The van der Waals surface area contributed by atoms with Gasteiger partial charge in [-0.05, 0) is 32.5 Å². The molecule has 1 N–H and O–H groups in total. The molecule has 1 aromatic heterocycles. The molecule has 0 fully saturated rings. The van der Waals surface area contributed by atoms with Gasteiger partial charge < -0.3 is 5.32 Å². The van der Waals surface area contributed by atoms with Gasteiger partial charge in [-0.25, -0.2) is 0 Å². The zero-order chi connectivity index (χ0) is 12.3. The van der Waals surface area contributed by atoms with Crippen molar-refractivity contribution in [2.75, 3.05) is 7.05 Å². The zero-order valence-corrected chi connectivity index (χ0v) is 10.7. The van der Waals surface area contributed by atoms with Crippen LogP contribution in [0.1, 0.15) is 18.2 Å². The summed E-state index contributed by atoms with van der Waals surface area (Å²) in [5.41, 5.74) is 4.79. The largest absolute Gasteiger partial charge is 0.314 e. The lowest BCUT2D eigenvalue weighted by molar-refractivity contribution is 0.643. The molecular weight excluding hydrogens is 210 g/mol.